The maximum absolute atomic E-state index is 12.9. The van der Waals surface area contributed by atoms with Gasteiger partial charge in [-0.15, -0.1) is 0 Å². The van der Waals surface area contributed by atoms with Crippen molar-refractivity contribution in [3.05, 3.63) is 39.9 Å². The first-order chi connectivity index (χ1) is 12.2. The van der Waals surface area contributed by atoms with Crippen molar-refractivity contribution < 1.29 is 23.2 Å². The van der Waals surface area contributed by atoms with E-state index in [0.717, 1.165) is 4.73 Å². The summed E-state index contributed by atoms with van der Waals surface area (Å²) >= 11 is 6.32. The highest BCUT2D eigenvalue weighted by Gasteiger charge is 2.28. The summed E-state index contributed by atoms with van der Waals surface area (Å²) in [5, 5.41) is 10.1. The number of ether oxygens (including phenoxy) is 1. The van der Waals surface area contributed by atoms with E-state index in [1.807, 2.05) is 0 Å². The van der Waals surface area contributed by atoms with E-state index in [2.05, 4.69) is 4.98 Å². The summed E-state index contributed by atoms with van der Waals surface area (Å²) in [5.74, 6) is -0.404. The van der Waals surface area contributed by atoms with Gasteiger partial charge in [-0.3, -0.25) is 4.79 Å². The number of ketones is 1. The molecule has 1 aromatic heterocycles. The molecule has 0 fully saturated rings. The summed E-state index contributed by atoms with van der Waals surface area (Å²) in [4.78, 5) is 17.0. The van der Waals surface area contributed by atoms with Crippen LogP contribution >= 0.6 is 11.6 Å². The van der Waals surface area contributed by atoms with Crippen LogP contribution in [0.5, 0.6) is 5.75 Å². The van der Waals surface area contributed by atoms with Gasteiger partial charge < -0.3 is 9.94 Å². The molecule has 1 heterocycles. The fourth-order valence-corrected chi connectivity index (χ4v) is 3.98. The van der Waals surface area contributed by atoms with Crippen LogP contribution in [0.2, 0.25) is 5.02 Å². The molecule has 7 nitrogen and oxygen atoms in total. The van der Waals surface area contributed by atoms with E-state index in [9.17, 15) is 18.4 Å². The summed E-state index contributed by atoms with van der Waals surface area (Å²) < 4.78 is 30.7. The van der Waals surface area contributed by atoms with Gasteiger partial charge in [0.25, 0.3) is 0 Å². The normalized spacial score (nSPS) is 11.6. The third-order valence-corrected chi connectivity index (χ3v) is 6.06. The van der Waals surface area contributed by atoms with Crippen molar-refractivity contribution in [1.29, 1.82) is 0 Å². The number of imidazole rings is 1. The number of sulfone groups is 1. The van der Waals surface area contributed by atoms with Crippen molar-refractivity contribution in [2.45, 2.75) is 39.0 Å². The smallest absolute Gasteiger partial charge is 0.216 e. The Bertz CT molecular complexity index is 951. The molecule has 2 rings (SSSR count). The molecular formula is C17H21ClN2O5S. The first-order valence-electron chi connectivity index (χ1n) is 8.19. The summed E-state index contributed by atoms with van der Waals surface area (Å²) in [5.41, 5.74) is 0.372. The van der Waals surface area contributed by atoms with Gasteiger partial charge in [0.1, 0.15) is 10.7 Å². The number of nitrogens with zero attached hydrogens (tertiary/aromatic N) is 2. The molecule has 142 valence electrons. The van der Waals surface area contributed by atoms with Gasteiger partial charge in [-0.1, -0.05) is 25.4 Å². The van der Waals surface area contributed by atoms with Gasteiger partial charge in [0.2, 0.25) is 5.78 Å². The standard InChI is InChI=1S/C17H21ClN2O5S/c1-5-13-19-10(4)15(20(13)22)16(21)11-8-9-12(26(23,24)7-3)17(14(11)18)25-6-2/h8-9,22H,5-7H2,1-4H3. The molecule has 0 radical (unpaired) electrons. The Morgan fingerprint density at radius 3 is 2.46 bits per heavy atom. The highest BCUT2D eigenvalue weighted by atomic mass is 35.5. The molecule has 1 aromatic carbocycles. The van der Waals surface area contributed by atoms with Crippen LogP contribution in [0.25, 0.3) is 0 Å². The second-order valence-corrected chi connectivity index (χ2v) is 8.17. The fourth-order valence-electron chi connectivity index (χ4n) is 2.59. The number of hydrogen-bond donors (Lipinski definition) is 1. The average molecular weight is 401 g/mol. The molecule has 0 spiro atoms. The summed E-state index contributed by atoms with van der Waals surface area (Å²) in [6.45, 7) is 6.78. The van der Waals surface area contributed by atoms with E-state index in [-0.39, 0.29) is 39.3 Å². The van der Waals surface area contributed by atoms with Crippen molar-refractivity contribution in [1.82, 2.24) is 9.71 Å². The van der Waals surface area contributed by atoms with Crippen molar-refractivity contribution in [2.75, 3.05) is 12.4 Å². The number of rotatable bonds is 7. The first-order valence-corrected chi connectivity index (χ1v) is 10.2. The predicted octanol–water partition coefficient (Wildman–Crippen LogP) is 3.07. The van der Waals surface area contributed by atoms with Gasteiger partial charge in [0, 0.05) is 12.0 Å². The van der Waals surface area contributed by atoms with Crippen molar-refractivity contribution >= 4 is 27.2 Å². The van der Waals surface area contributed by atoms with E-state index in [1.165, 1.54) is 19.1 Å². The lowest BCUT2D eigenvalue weighted by atomic mass is 10.1. The summed E-state index contributed by atoms with van der Waals surface area (Å²) in [7, 11) is -3.58. The van der Waals surface area contributed by atoms with Crippen molar-refractivity contribution in [2.24, 2.45) is 0 Å². The lowest BCUT2D eigenvalue weighted by molar-refractivity contribution is 0.0977. The molecule has 0 amide bonds. The van der Waals surface area contributed by atoms with Crippen LogP contribution < -0.4 is 4.74 Å². The van der Waals surface area contributed by atoms with Gasteiger partial charge in [-0.2, -0.15) is 4.73 Å². The number of halogens is 1. The lowest BCUT2D eigenvalue weighted by Crippen LogP contribution is -2.14. The number of aromatic nitrogens is 2. The minimum absolute atomic E-state index is 0.0164. The number of aryl methyl sites for hydroxylation is 2. The topological polar surface area (TPSA) is 98.5 Å². The predicted molar refractivity (Wildman–Crippen MR) is 97.3 cm³/mol. The van der Waals surface area contributed by atoms with E-state index < -0.39 is 15.6 Å². The zero-order valence-corrected chi connectivity index (χ0v) is 16.6. The second-order valence-electron chi connectivity index (χ2n) is 5.55. The van der Waals surface area contributed by atoms with Gasteiger partial charge in [0.15, 0.2) is 21.3 Å². The zero-order chi connectivity index (χ0) is 19.6. The summed E-state index contributed by atoms with van der Waals surface area (Å²) in [6.07, 6.45) is 0.441. The quantitative estimate of drug-likeness (QED) is 0.566. The van der Waals surface area contributed by atoms with Gasteiger partial charge in [0.05, 0.1) is 23.1 Å². The Balaban J connectivity index is 2.67. The van der Waals surface area contributed by atoms with Gasteiger partial charge in [-0.05, 0) is 26.0 Å². The minimum Gasteiger partial charge on any atom is -0.491 e. The van der Waals surface area contributed by atoms with Gasteiger partial charge in [-0.25, -0.2) is 13.4 Å². The molecule has 1 N–H and O–H groups in total. The first kappa shape index (κ1) is 20.3. The van der Waals surface area contributed by atoms with E-state index in [4.69, 9.17) is 16.3 Å². The molecule has 9 heteroatoms. The van der Waals surface area contributed by atoms with Crippen LogP contribution in [0.1, 0.15) is 48.3 Å². The molecule has 0 aliphatic rings. The van der Waals surface area contributed by atoms with Crippen LogP contribution in [0, 0.1) is 6.92 Å². The molecule has 0 saturated carbocycles. The molecule has 26 heavy (non-hydrogen) atoms. The third kappa shape index (κ3) is 3.43. The molecule has 0 aliphatic heterocycles. The molecule has 0 aliphatic carbocycles. The number of benzene rings is 1. The van der Waals surface area contributed by atoms with Crippen LogP contribution in [0.4, 0.5) is 0 Å². The minimum atomic E-state index is -3.58. The van der Waals surface area contributed by atoms with Crippen LogP contribution in [-0.4, -0.2) is 41.5 Å². The van der Waals surface area contributed by atoms with E-state index >= 15 is 0 Å². The Kier molecular flexibility index (Phi) is 5.98. The highest BCUT2D eigenvalue weighted by molar-refractivity contribution is 7.91. The maximum Gasteiger partial charge on any atom is 0.216 e. The third-order valence-electron chi connectivity index (χ3n) is 3.94. The van der Waals surface area contributed by atoms with Crippen molar-refractivity contribution in [3.8, 4) is 5.75 Å². The molecule has 0 unspecified atom stereocenters. The fraction of sp³-hybridized carbons (Fsp3) is 0.412. The average Bonchev–Trinajstić information content (AvgIpc) is 2.89. The SMILES string of the molecule is CCOc1c(S(=O)(=O)CC)ccc(C(=O)c2c(C)nc(CC)n2O)c1Cl. The lowest BCUT2D eigenvalue weighted by Gasteiger charge is -2.14. The highest BCUT2D eigenvalue weighted by Crippen LogP contribution is 2.37. The zero-order valence-electron chi connectivity index (χ0n) is 15.0. The number of hydrogen-bond acceptors (Lipinski definition) is 6. The Hall–Kier alpha value is -2.06. The number of carbonyl (C=O) groups excluding carboxylic acids is 1. The summed E-state index contributed by atoms with van der Waals surface area (Å²) in [6, 6.07) is 2.63. The van der Waals surface area contributed by atoms with Crippen molar-refractivity contribution in [3.63, 3.8) is 0 Å². The monoisotopic (exact) mass is 400 g/mol. The molecule has 0 saturated heterocycles. The van der Waals surface area contributed by atoms with Crippen LogP contribution in [-0.2, 0) is 16.3 Å². The second kappa shape index (κ2) is 7.67. The Labute approximate surface area is 157 Å². The molecule has 2 aromatic rings. The molecular weight excluding hydrogens is 380 g/mol. The number of carbonyl (C=O) groups is 1. The van der Waals surface area contributed by atoms with Crippen LogP contribution in [0.15, 0.2) is 17.0 Å². The van der Waals surface area contributed by atoms with E-state index in [1.54, 1.807) is 20.8 Å². The molecule has 0 bridgehead atoms. The van der Waals surface area contributed by atoms with Crippen LogP contribution in [0.3, 0.4) is 0 Å². The maximum atomic E-state index is 12.9. The van der Waals surface area contributed by atoms with E-state index in [0.29, 0.717) is 17.9 Å². The molecule has 0 atom stereocenters. The largest absolute Gasteiger partial charge is 0.491 e. The Morgan fingerprint density at radius 1 is 1.31 bits per heavy atom. The van der Waals surface area contributed by atoms with Gasteiger partial charge >= 0.3 is 0 Å². The Morgan fingerprint density at radius 2 is 1.96 bits per heavy atom.